The van der Waals surface area contributed by atoms with Crippen LogP contribution in [0.25, 0.3) is 0 Å². The van der Waals surface area contributed by atoms with E-state index in [2.05, 4.69) is 10.6 Å². The van der Waals surface area contributed by atoms with Crippen molar-refractivity contribution in [2.75, 3.05) is 13.1 Å². The molecule has 1 aromatic rings. The van der Waals surface area contributed by atoms with E-state index in [1.165, 1.54) is 30.3 Å². The smallest absolute Gasteiger partial charge is 0.189 e. The molecule has 0 spiro atoms. The van der Waals surface area contributed by atoms with Gasteiger partial charge in [0.25, 0.3) is 0 Å². The van der Waals surface area contributed by atoms with E-state index < -0.39 is 0 Å². The molecule has 0 aromatic heterocycles. The second-order valence-corrected chi connectivity index (χ2v) is 3.28. The summed E-state index contributed by atoms with van der Waals surface area (Å²) >= 11 is 0. The molecule has 1 fully saturated rings. The van der Waals surface area contributed by atoms with Gasteiger partial charge in [-0.3, -0.25) is 4.79 Å². The molecule has 2 N–H and O–H groups in total. The zero-order valence-corrected chi connectivity index (χ0v) is 8.09. The van der Waals surface area contributed by atoms with E-state index in [-0.39, 0.29) is 11.6 Å². The molecule has 0 amide bonds. The molecule has 1 aliphatic rings. The Labute approximate surface area is 87.0 Å². The molecule has 0 atom stereocenters. The second-order valence-electron chi connectivity index (χ2n) is 3.28. The molecule has 1 saturated heterocycles. The van der Waals surface area contributed by atoms with Crippen molar-refractivity contribution in [1.82, 2.24) is 10.6 Å². The van der Waals surface area contributed by atoms with Crippen LogP contribution in [-0.2, 0) is 0 Å². The molecular formula is C11H11FN2O. The Morgan fingerprint density at radius 2 is 1.80 bits per heavy atom. The van der Waals surface area contributed by atoms with E-state index >= 15 is 0 Å². The van der Waals surface area contributed by atoms with Gasteiger partial charge in [-0.05, 0) is 24.3 Å². The van der Waals surface area contributed by atoms with Crippen molar-refractivity contribution in [3.05, 3.63) is 47.5 Å². The average Bonchev–Trinajstić information content (AvgIpc) is 2.71. The van der Waals surface area contributed by atoms with Crippen molar-refractivity contribution < 1.29 is 9.18 Å². The van der Waals surface area contributed by atoms with Crippen LogP contribution in [0.2, 0.25) is 0 Å². The number of nitrogens with one attached hydrogen (secondary N) is 2. The van der Waals surface area contributed by atoms with Gasteiger partial charge in [0.05, 0.1) is 0 Å². The summed E-state index contributed by atoms with van der Waals surface area (Å²) in [5.74, 6) is 0.257. The summed E-state index contributed by atoms with van der Waals surface area (Å²) in [6, 6.07) is 5.51. The molecule has 15 heavy (non-hydrogen) atoms. The predicted molar refractivity (Wildman–Crippen MR) is 54.8 cm³/mol. The highest BCUT2D eigenvalue weighted by molar-refractivity contribution is 6.04. The number of halogens is 1. The summed E-state index contributed by atoms with van der Waals surface area (Å²) < 4.78 is 12.6. The normalized spacial score (nSPS) is 14.3. The minimum absolute atomic E-state index is 0.132. The summed E-state index contributed by atoms with van der Waals surface area (Å²) in [7, 11) is 0. The molecule has 1 aromatic carbocycles. The minimum atomic E-state index is -0.337. The highest BCUT2D eigenvalue weighted by atomic mass is 19.1. The Balaban J connectivity index is 2.14. The fourth-order valence-corrected chi connectivity index (χ4v) is 1.39. The van der Waals surface area contributed by atoms with Crippen LogP contribution < -0.4 is 10.6 Å². The van der Waals surface area contributed by atoms with Gasteiger partial charge in [-0.1, -0.05) is 0 Å². The summed E-state index contributed by atoms with van der Waals surface area (Å²) in [5.41, 5.74) is 0.486. The van der Waals surface area contributed by atoms with Crippen molar-refractivity contribution >= 4 is 5.78 Å². The van der Waals surface area contributed by atoms with Crippen molar-refractivity contribution in [1.29, 1.82) is 0 Å². The van der Waals surface area contributed by atoms with Crippen molar-refractivity contribution in [3.8, 4) is 0 Å². The summed E-state index contributed by atoms with van der Waals surface area (Å²) in [5, 5.41) is 6.05. The van der Waals surface area contributed by atoms with Crippen LogP contribution in [0.3, 0.4) is 0 Å². The summed E-state index contributed by atoms with van der Waals surface area (Å²) in [6.07, 6.45) is 1.49. The Bertz CT molecular complexity index is 390. The van der Waals surface area contributed by atoms with E-state index in [0.717, 1.165) is 18.9 Å². The van der Waals surface area contributed by atoms with Gasteiger partial charge in [0.15, 0.2) is 5.78 Å². The molecule has 0 bridgehead atoms. The lowest BCUT2D eigenvalue weighted by atomic mass is 10.1. The Kier molecular flexibility index (Phi) is 2.67. The van der Waals surface area contributed by atoms with Crippen LogP contribution in [0.1, 0.15) is 10.4 Å². The summed E-state index contributed by atoms with van der Waals surface area (Å²) in [6.45, 7) is 1.64. The zero-order valence-electron chi connectivity index (χ0n) is 8.09. The number of rotatable bonds is 2. The Morgan fingerprint density at radius 3 is 2.40 bits per heavy atom. The van der Waals surface area contributed by atoms with Crippen LogP contribution in [0.5, 0.6) is 0 Å². The quantitative estimate of drug-likeness (QED) is 0.561. The Hall–Kier alpha value is -1.84. The largest absolute Gasteiger partial charge is 0.370 e. The molecule has 1 aliphatic heterocycles. The van der Waals surface area contributed by atoms with Gasteiger partial charge in [0.2, 0.25) is 0 Å². The molecule has 78 valence electrons. The third kappa shape index (κ3) is 2.34. The Morgan fingerprint density at radius 1 is 1.20 bits per heavy atom. The molecule has 2 rings (SSSR count). The van der Waals surface area contributed by atoms with Crippen LogP contribution in [0.4, 0.5) is 4.39 Å². The maximum absolute atomic E-state index is 12.6. The van der Waals surface area contributed by atoms with Crippen LogP contribution in [-0.4, -0.2) is 18.9 Å². The first kappa shape index (κ1) is 9.71. The lowest BCUT2D eigenvalue weighted by molar-refractivity contribution is 0.104. The standard InChI is InChI=1S/C11H11FN2O/c12-9-3-1-8(2-4-9)10(15)7-11-13-5-6-14-11/h1-4,7,13-14H,5-6H2. The number of hydrogen-bond donors (Lipinski definition) is 2. The molecule has 0 unspecified atom stereocenters. The van der Waals surface area contributed by atoms with E-state index in [1.807, 2.05) is 0 Å². The van der Waals surface area contributed by atoms with Crippen molar-refractivity contribution in [3.63, 3.8) is 0 Å². The third-order valence-electron chi connectivity index (χ3n) is 2.16. The van der Waals surface area contributed by atoms with Crippen LogP contribution >= 0.6 is 0 Å². The van der Waals surface area contributed by atoms with Gasteiger partial charge in [0, 0.05) is 24.7 Å². The first-order valence-corrected chi connectivity index (χ1v) is 4.75. The SMILES string of the molecule is O=C(C=C1NCCN1)c1ccc(F)cc1. The highest BCUT2D eigenvalue weighted by Crippen LogP contribution is 2.05. The number of allylic oxidation sites excluding steroid dienone is 1. The van der Waals surface area contributed by atoms with Crippen molar-refractivity contribution in [2.24, 2.45) is 0 Å². The minimum Gasteiger partial charge on any atom is -0.370 e. The average molecular weight is 206 g/mol. The number of benzene rings is 1. The molecule has 4 heteroatoms. The van der Waals surface area contributed by atoms with Gasteiger partial charge in [-0.25, -0.2) is 4.39 Å². The van der Waals surface area contributed by atoms with Gasteiger partial charge in [-0.2, -0.15) is 0 Å². The maximum Gasteiger partial charge on any atom is 0.189 e. The zero-order chi connectivity index (χ0) is 10.7. The van der Waals surface area contributed by atoms with Gasteiger partial charge < -0.3 is 10.6 Å². The molecule has 0 radical (unpaired) electrons. The summed E-state index contributed by atoms with van der Waals surface area (Å²) in [4.78, 5) is 11.6. The number of ketones is 1. The van der Waals surface area contributed by atoms with E-state index in [1.54, 1.807) is 0 Å². The first-order valence-electron chi connectivity index (χ1n) is 4.75. The molecule has 0 aliphatic carbocycles. The number of hydrogen-bond acceptors (Lipinski definition) is 3. The predicted octanol–water partition coefficient (Wildman–Crippen LogP) is 1.04. The van der Waals surface area contributed by atoms with E-state index in [0.29, 0.717) is 5.56 Å². The monoisotopic (exact) mass is 206 g/mol. The van der Waals surface area contributed by atoms with Gasteiger partial charge in [0.1, 0.15) is 11.6 Å². The van der Waals surface area contributed by atoms with Gasteiger partial charge in [-0.15, -0.1) is 0 Å². The van der Waals surface area contributed by atoms with Crippen LogP contribution in [0, 0.1) is 5.82 Å². The van der Waals surface area contributed by atoms with Crippen molar-refractivity contribution in [2.45, 2.75) is 0 Å². The first-order chi connectivity index (χ1) is 7.25. The molecular weight excluding hydrogens is 195 g/mol. The second kappa shape index (κ2) is 4.13. The van der Waals surface area contributed by atoms with Crippen LogP contribution in [0.15, 0.2) is 36.2 Å². The topological polar surface area (TPSA) is 41.1 Å². The van der Waals surface area contributed by atoms with E-state index in [9.17, 15) is 9.18 Å². The molecule has 1 heterocycles. The lowest BCUT2D eigenvalue weighted by Crippen LogP contribution is -2.12. The lowest BCUT2D eigenvalue weighted by Gasteiger charge is -1.99. The fraction of sp³-hybridized carbons (Fsp3) is 0.182. The van der Waals surface area contributed by atoms with E-state index in [4.69, 9.17) is 0 Å². The number of carbonyl (C=O) groups excluding carboxylic acids is 1. The third-order valence-corrected chi connectivity index (χ3v) is 2.16. The van der Waals surface area contributed by atoms with Gasteiger partial charge >= 0.3 is 0 Å². The number of carbonyl (C=O) groups is 1. The molecule has 0 saturated carbocycles. The highest BCUT2D eigenvalue weighted by Gasteiger charge is 2.08. The maximum atomic E-state index is 12.6. The molecule has 3 nitrogen and oxygen atoms in total. The fourth-order valence-electron chi connectivity index (χ4n) is 1.39.